The van der Waals surface area contributed by atoms with Gasteiger partial charge in [0.15, 0.2) is 0 Å². The second-order valence-corrected chi connectivity index (χ2v) is 9.80. The van der Waals surface area contributed by atoms with Crippen LogP contribution in [0.3, 0.4) is 0 Å². The van der Waals surface area contributed by atoms with Gasteiger partial charge in [0, 0.05) is 6.92 Å². The Bertz CT molecular complexity index is 501. The molecule has 0 aliphatic heterocycles. The van der Waals surface area contributed by atoms with E-state index in [-0.39, 0.29) is 6.42 Å². The number of rotatable bonds is 10. The molecule has 0 radical (unpaired) electrons. The summed E-state index contributed by atoms with van der Waals surface area (Å²) in [5.41, 5.74) is -2.30. The summed E-state index contributed by atoms with van der Waals surface area (Å²) in [6.07, 6.45) is 1.42. The Morgan fingerprint density at radius 2 is 1.14 bits per heavy atom. The first-order valence-electron chi connectivity index (χ1n) is 9.55. The van der Waals surface area contributed by atoms with Crippen LogP contribution in [0.25, 0.3) is 0 Å². The van der Waals surface area contributed by atoms with Crippen molar-refractivity contribution in [1.82, 2.24) is 0 Å². The van der Waals surface area contributed by atoms with Crippen molar-refractivity contribution in [1.29, 1.82) is 0 Å². The van der Waals surface area contributed by atoms with Gasteiger partial charge in [-0.05, 0) is 81.6 Å². The van der Waals surface area contributed by atoms with E-state index in [9.17, 15) is 9.59 Å². The molecule has 0 aliphatic carbocycles. The van der Waals surface area contributed by atoms with Crippen LogP contribution in [0, 0.1) is 0 Å². The maximum atomic E-state index is 11.8. The van der Waals surface area contributed by atoms with Crippen LogP contribution in [0.1, 0.15) is 94.9 Å². The average Bonchev–Trinajstić information content (AvgIpc) is 2.52. The minimum Gasteiger partial charge on any atom is -0.248 e. The third-order valence-corrected chi connectivity index (χ3v) is 3.38. The summed E-state index contributed by atoms with van der Waals surface area (Å²) in [7, 11) is 0. The fourth-order valence-corrected chi connectivity index (χ4v) is 1.79. The summed E-state index contributed by atoms with van der Waals surface area (Å²) in [5, 5.41) is 0. The van der Waals surface area contributed by atoms with Crippen LogP contribution >= 0.6 is 0 Å². The summed E-state index contributed by atoms with van der Waals surface area (Å²) in [4.78, 5) is 53.4. The van der Waals surface area contributed by atoms with Crippen molar-refractivity contribution in [3.05, 3.63) is 0 Å². The molecule has 0 aliphatic rings. The van der Waals surface area contributed by atoms with Crippen LogP contribution < -0.4 is 0 Å². The van der Waals surface area contributed by atoms with Gasteiger partial charge in [0.2, 0.25) is 0 Å². The Morgan fingerprint density at radius 3 is 1.61 bits per heavy atom. The minimum absolute atomic E-state index is 0.00292. The lowest BCUT2D eigenvalue weighted by atomic mass is 9.89. The smallest absolute Gasteiger partial charge is 0.248 e. The number of hydrogen-bond donors (Lipinski definition) is 0. The Kier molecular flexibility index (Phi) is 10.1. The molecule has 1 atom stereocenters. The van der Waals surface area contributed by atoms with Crippen LogP contribution in [0.15, 0.2) is 0 Å². The van der Waals surface area contributed by atoms with Crippen molar-refractivity contribution in [2.75, 3.05) is 0 Å². The Morgan fingerprint density at radius 1 is 0.643 bits per heavy atom. The van der Waals surface area contributed by atoms with Gasteiger partial charge in [-0.3, -0.25) is 0 Å². The third kappa shape index (κ3) is 14.8. The second kappa shape index (κ2) is 10.5. The van der Waals surface area contributed by atoms with Crippen molar-refractivity contribution in [3.63, 3.8) is 0 Å². The molecule has 0 fully saturated rings. The van der Waals surface area contributed by atoms with E-state index in [1.54, 1.807) is 0 Å². The molecule has 28 heavy (non-hydrogen) atoms. The van der Waals surface area contributed by atoms with E-state index in [0.717, 1.165) is 6.92 Å². The van der Waals surface area contributed by atoms with E-state index in [2.05, 4.69) is 9.78 Å². The van der Waals surface area contributed by atoms with E-state index >= 15 is 0 Å². The summed E-state index contributed by atoms with van der Waals surface area (Å²) >= 11 is 0. The molecule has 0 saturated heterocycles. The van der Waals surface area contributed by atoms with Gasteiger partial charge in [-0.2, -0.15) is 0 Å². The van der Waals surface area contributed by atoms with E-state index in [1.807, 2.05) is 62.3 Å². The van der Waals surface area contributed by atoms with Gasteiger partial charge < -0.3 is 0 Å². The molecule has 0 rings (SSSR count). The van der Waals surface area contributed by atoms with Gasteiger partial charge in [0.1, 0.15) is 5.60 Å². The molecule has 1 unspecified atom stereocenters. The zero-order chi connectivity index (χ0) is 22.2. The lowest BCUT2D eigenvalue weighted by molar-refractivity contribution is -0.413. The van der Waals surface area contributed by atoms with Crippen LogP contribution in [0.2, 0.25) is 0 Å². The van der Waals surface area contributed by atoms with Crippen molar-refractivity contribution < 1.29 is 38.9 Å². The molecule has 8 nitrogen and oxygen atoms in total. The van der Waals surface area contributed by atoms with E-state index in [0.29, 0.717) is 19.3 Å². The highest BCUT2D eigenvalue weighted by Crippen LogP contribution is 2.31. The predicted octanol–water partition coefficient (Wildman–Crippen LogP) is 4.60. The monoisotopic (exact) mass is 406 g/mol. The van der Waals surface area contributed by atoms with E-state index in [4.69, 9.17) is 19.6 Å². The highest BCUT2D eigenvalue weighted by molar-refractivity contribution is 5.71. The standard InChI is InChI=1S/C20H38O8/c1-15(21)23-24-16(22)11-12-20(10,28-26-18(5,6)7)14-13-19(8,9)27-25-17(2,3)4/h11-14H2,1-10H3. The molecular weight excluding hydrogens is 368 g/mol. The lowest BCUT2D eigenvalue weighted by Crippen LogP contribution is -2.38. The molecule has 0 aromatic rings. The number of hydrogen-bond acceptors (Lipinski definition) is 8. The van der Waals surface area contributed by atoms with E-state index < -0.39 is 34.3 Å². The molecule has 0 heterocycles. The second-order valence-electron chi connectivity index (χ2n) is 9.80. The zero-order valence-corrected chi connectivity index (χ0v) is 19.1. The largest absolute Gasteiger partial charge is 0.355 e. The maximum Gasteiger partial charge on any atom is 0.355 e. The number of carbonyl (C=O) groups is 2. The quantitative estimate of drug-likeness (QED) is 0.384. The fraction of sp³-hybridized carbons (Fsp3) is 0.900. The molecule has 0 N–H and O–H groups in total. The van der Waals surface area contributed by atoms with Crippen LogP contribution in [0.4, 0.5) is 0 Å². The third-order valence-electron chi connectivity index (χ3n) is 3.38. The van der Waals surface area contributed by atoms with Gasteiger partial charge >= 0.3 is 11.9 Å². The molecule has 166 valence electrons. The first kappa shape index (κ1) is 26.8. The molecule has 0 aromatic carbocycles. The Balaban J connectivity index is 4.88. The molecule has 0 bridgehead atoms. The Labute approximate surface area is 168 Å². The molecule has 0 saturated carbocycles. The SMILES string of the molecule is CC(=O)OOC(=O)CCC(C)(CCC(C)(C)OOC(C)(C)C)OOC(C)(C)C. The van der Waals surface area contributed by atoms with Gasteiger partial charge in [0.25, 0.3) is 0 Å². The highest BCUT2D eigenvalue weighted by atomic mass is 17.2. The Hall–Kier alpha value is -1.22. The van der Waals surface area contributed by atoms with Crippen LogP contribution in [-0.4, -0.2) is 34.3 Å². The molecule has 0 spiro atoms. The van der Waals surface area contributed by atoms with Crippen LogP contribution in [-0.2, 0) is 38.9 Å². The van der Waals surface area contributed by atoms with Crippen molar-refractivity contribution in [2.45, 2.75) is 117 Å². The van der Waals surface area contributed by atoms with Crippen molar-refractivity contribution in [3.8, 4) is 0 Å². The summed E-state index contributed by atoms with van der Waals surface area (Å²) < 4.78 is 0. The lowest BCUT2D eigenvalue weighted by Gasteiger charge is -2.35. The normalized spacial score (nSPS) is 15.1. The summed E-state index contributed by atoms with van der Waals surface area (Å²) in [5.74, 6) is -1.35. The fourth-order valence-electron chi connectivity index (χ4n) is 1.79. The van der Waals surface area contributed by atoms with Gasteiger partial charge in [-0.1, -0.05) is 0 Å². The number of carbonyl (C=O) groups excluding carboxylic acids is 2. The predicted molar refractivity (Wildman–Crippen MR) is 103 cm³/mol. The van der Waals surface area contributed by atoms with E-state index in [1.165, 1.54) is 0 Å². The minimum atomic E-state index is -0.787. The first-order valence-corrected chi connectivity index (χ1v) is 9.55. The van der Waals surface area contributed by atoms with Gasteiger partial charge in [-0.15, -0.1) is 0 Å². The van der Waals surface area contributed by atoms with Crippen molar-refractivity contribution >= 4 is 11.9 Å². The zero-order valence-electron chi connectivity index (χ0n) is 19.1. The van der Waals surface area contributed by atoms with Gasteiger partial charge in [-0.25, -0.2) is 38.9 Å². The molecule has 8 heteroatoms. The molecule has 0 amide bonds. The first-order chi connectivity index (χ1) is 12.4. The average molecular weight is 407 g/mol. The summed E-state index contributed by atoms with van der Waals surface area (Å²) in [6, 6.07) is 0. The molecule has 0 aromatic heterocycles. The summed E-state index contributed by atoms with van der Waals surface area (Å²) in [6.45, 7) is 18.1. The van der Waals surface area contributed by atoms with Crippen molar-refractivity contribution in [2.24, 2.45) is 0 Å². The van der Waals surface area contributed by atoms with Crippen LogP contribution in [0.5, 0.6) is 0 Å². The maximum absolute atomic E-state index is 11.8. The van der Waals surface area contributed by atoms with Gasteiger partial charge in [0.05, 0.1) is 23.2 Å². The topological polar surface area (TPSA) is 89.5 Å². The highest BCUT2D eigenvalue weighted by Gasteiger charge is 2.34. The molecular formula is C20H38O8.